The lowest BCUT2D eigenvalue weighted by atomic mass is 10.5. The second-order valence-electron chi connectivity index (χ2n) is 2.36. The molecule has 6 heteroatoms. The molecule has 0 saturated heterocycles. The van der Waals surface area contributed by atoms with Crippen LogP contribution in [0.2, 0.25) is 0 Å². The van der Waals surface area contributed by atoms with E-state index in [1.54, 1.807) is 6.20 Å². The average molecular weight is 219 g/mol. The predicted molar refractivity (Wildman–Crippen MR) is 51.1 cm³/mol. The SMILES string of the molecule is O=C(O)CCS(=O)Cc1nccs1. The molecule has 13 heavy (non-hydrogen) atoms. The van der Waals surface area contributed by atoms with Crippen molar-refractivity contribution >= 4 is 28.1 Å². The zero-order valence-corrected chi connectivity index (χ0v) is 8.44. The normalized spacial score (nSPS) is 12.6. The summed E-state index contributed by atoms with van der Waals surface area (Å²) in [6, 6.07) is 0. The summed E-state index contributed by atoms with van der Waals surface area (Å²) >= 11 is 1.43. The van der Waals surface area contributed by atoms with Crippen LogP contribution in [0.15, 0.2) is 11.6 Å². The van der Waals surface area contributed by atoms with Crippen LogP contribution in [0.25, 0.3) is 0 Å². The Hall–Kier alpha value is -0.750. The van der Waals surface area contributed by atoms with Crippen LogP contribution >= 0.6 is 11.3 Å². The fourth-order valence-corrected chi connectivity index (χ4v) is 2.70. The summed E-state index contributed by atoms with van der Waals surface area (Å²) in [7, 11) is -1.10. The van der Waals surface area contributed by atoms with Gasteiger partial charge in [-0.2, -0.15) is 0 Å². The van der Waals surface area contributed by atoms with E-state index in [1.807, 2.05) is 5.38 Å². The number of aliphatic carboxylic acids is 1. The molecule has 0 saturated carbocycles. The Kier molecular flexibility index (Phi) is 4.04. The van der Waals surface area contributed by atoms with Crippen molar-refractivity contribution in [3.8, 4) is 0 Å². The minimum absolute atomic E-state index is 0.0437. The standard InChI is InChI=1S/C7H9NO3S2/c9-7(10)1-4-13(11)5-6-8-2-3-12-6/h2-3H,1,4-5H2,(H,9,10). The van der Waals surface area contributed by atoms with Gasteiger partial charge in [0, 0.05) is 28.1 Å². The van der Waals surface area contributed by atoms with E-state index in [0.717, 1.165) is 5.01 Å². The van der Waals surface area contributed by atoms with Crippen molar-refractivity contribution in [3.05, 3.63) is 16.6 Å². The predicted octanol–water partition coefficient (Wildman–Crippen LogP) is 0.866. The molecule has 0 spiro atoms. The summed E-state index contributed by atoms with van der Waals surface area (Å²) in [5.41, 5.74) is 0. The number of hydrogen-bond donors (Lipinski definition) is 1. The Morgan fingerprint density at radius 2 is 2.46 bits per heavy atom. The Balaban J connectivity index is 2.30. The topological polar surface area (TPSA) is 67.3 Å². The van der Waals surface area contributed by atoms with Crippen LogP contribution in [0.1, 0.15) is 11.4 Å². The van der Waals surface area contributed by atoms with E-state index in [9.17, 15) is 9.00 Å². The molecule has 0 aliphatic heterocycles. The number of nitrogens with zero attached hydrogens (tertiary/aromatic N) is 1. The smallest absolute Gasteiger partial charge is 0.304 e. The maximum absolute atomic E-state index is 11.2. The molecule has 1 rings (SSSR count). The van der Waals surface area contributed by atoms with E-state index in [4.69, 9.17) is 5.11 Å². The lowest BCUT2D eigenvalue weighted by Crippen LogP contribution is -2.06. The van der Waals surface area contributed by atoms with E-state index in [1.165, 1.54) is 11.3 Å². The third kappa shape index (κ3) is 4.14. The summed E-state index contributed by atoms with van der Waals surface area (Å²) in [6.45, 7) is 0. The minimum atomic E-state index is -1.10. The number of carboxylic acid groups (broad SMARTS) is 1. The van der Waals surface area contributed by atoms with Crippen LogP contribution in [0, 0.1) is 0 Å². The van der Waals surface area contributed by atoms with Gasteiger partial charge >= 0.3 is 5.97 Å². The van der Waals surface area contributed by atoms with E-state index >= 15 is 0 Å². The van der Waals surface area contributed by atoms with Gasteiger partial charge in [-0.3, -0.25) is 9.00 Å². The first-order valence-corrected chi connectivity index (χ1v) is 6.00. The molecule has 0 bridgehead atoms. The molecule has 4 nitrogen and oxygen atoms in total. The maximum Gasteiger partial charge on any atom is 0.304 e. The van der Waals surface area contributed by atoms with Gasteiger partial charge in [-0.05, 0) is 0 Å². The van der Waals surface area contributed by atoms with Crippen LogP contribution in [-0.4, -0.2) is 26.0 Å². The molecule has 0 fully saturated rings. The number of thiazole rings is 1. The monoisotopic (exact) mass is 219 g/mol. The lowest BCUT2D eigenvalue weighted by molar-refractivity contribution is -0.136. The van der Waals surface area contributed by atoms with Crippen LogP contribution < -0.4 is 0 Å². The molecule has 1 aromatic rings. The highest BCUT2D eigenvalue weighted by molar-refractivity contribution is 7.84. The highest BCUT2D eigenvalue weighted by Gasteiger charge is 2.06. The van der Waals surface area contributed by atoms with E-state index in [2.05, 4.69) is 4.98 Å². The first-order valence-electron chi connectivity index (χ1n) is 3.63. The summed E-state index contributed by atoms with van der Waals surface area (Å²) in [5.74, 6) is -0.340. The average Bonchev–Trinajstić information content (AvgIpc) is 2.53. The molecule has 0 aliphatic rings. The first-order chi connectivity index (χ1) is 6.18. The second kappa shape index (κ2) is 5.08. The fraction of sp³-hybridized carbons (Fsp3) is 0.429. The molecule has 1 atom stereocenters. The Morgan fingerprint density at radius 3 is 3.00 bits per heavy atom. The van der Waals surface area contributed by atoms with Gasteiger partial charge in [0.25, 0.3) is 0 Å². The number of hydrogen-bond acceptors (Lipinski definition) is 4. The third-order valence-electron chi connectivity index (χ3n) is 1.31. The number of carbonyl (C=O) groups is 1. The molecule has 1 heterocycles. The number of aromatic nitrogens is 1. The van der Waals surface area contributed by atoms with Gasteiger partial charge < -0.3 is 5.11 Å². The molecule has 0 radical (unpaired) electrons. The van der Waals surface area contributed by atoms with Crippen molar-refractivity contribution in [3.63, 3.8) is 0 Å². The molecule has 72 valence electrons. The van der Waals surface area contributed by atoms with Gasteiger partial charge in [-0.15, -0.1) is 11.3 Å². The lowest BCUT2D eigenvalue weighted by Gasteiger charge is -1.95. The van der Waals surface area contributed by atoms with E-state index in [-0.39, 0.29) is 12.2 Å². The maximum atomic E-state index is 11.2. The largest absolute Gasteiger partial charge is 0.481 e. The second-order valence-corrected chi connectivity index (χ2v) is 4.91. The van der Waals surface area contributed by atoms with Crippen LogP contribution in [0.3, 0.4) is 0 Å². The number of rotatable bonds is 5. The molecular weight excluding hydrogens is 210 g/mol. The van der Waals surface area contributed by atoms with Gasteiger partial charge in [0.05, 0.1) is 12.2 Å². The highest BCUT2D eigenvalue weighted by atomic mass is 32.2. The van der Waals surface area contributed by atoms with Crippen molar-refractivity contribution in [2.24, 2.45) is 0 Å². The molecule has 0 aliphatic carbocycles. The summed E-state index contributed by atoms with van der Waals surface area (Å²) in [4.78, 5) is 14.1. The zero-order valence-electron chi connectivity index (χ0n) is 6.80. The zero-order chi connectivity index (χ0) is 9.68. The Bertz CT molecular complexity index is 297. The summed E-state index contributed by atoms with van der Waals surface area (Å²) in [5, 5.41) is 10.9. The van der Waals surface area contributed by atoms with Gasteiger partial charge in [0.15, 0.2) is 0 Å². The highest BCUT2D eigenvalue weighted by Crippen LogP contribution is 2.07. The van der Waals surface area contributed by atoms with Gasteiger partial charge in [-0.25, -0.2) is 4.98 Å². The van der Waals surface area contributed by atoms with Gasteiger partial charge in [0.2, 0.25) is 0 Å². The van der Waals surface area contributed by atoms with Crippen LogP contribution in [0.5, 0.6) is 0 Å². The minimum Gasteiger partial charge on any atom is -0.481 e. The van der Waals surface area contributed by atoms with Crippen molar-refractivity contribution in [1.29, 1.82) is 0 Å². The fourth-order valence-electron chi connectivity index (χ4n) is 0.735. The first kappa shape index (κ1) is 10.3. The van der Waals surface area contributed by atoms with Crippen LogP contribution in [0.4, 0.5) is 0 Å². The van der Waals surface area contributed by atoms with Gasteiger partial charge in [-0.1, -0.05) is 0 Å². The van der Waals surface area contributed by atoms with Crippen LogP contribution in [-0.2, 0) is 21.3 Å². The third-order valence-corrected chi connectivity index (χ3v) is 3.53. The molecule has 1 unspecified atom stereocenters. The number of carboxylic acids is 1. The van der Waals surface area contributed by atoms with Crippen molar-refractivity contribution in [2.45, 2.75) is 12.2 Å². The van der Waals surface area contributed by atoms with E-state index < -0.39 is 16.8 Å². The van der Waals surface area contributed by atoms with Crippen molar-refractivity contribution in [1.82, 2.24) is 4.98 Å². The Labute approximate surface area is 82.1 Å². The van der Waals surface area contributed by atoms with Crippen molar-refractivity contribution in [2.75, 3.05) is 5.75 Å². The Morgan fingerprint density at radius 1 is 1.69 bits per heavy atom. The molecule has 1 N–H and O–H groups in total. The van der Waals surface area contributed by atoms with E-state index in [0.29, 0.717) is 5.75 Å². The van der Waals surface area contributed by atoms with Gasteiger partial charge in [0.1, 0.15) is 5.01 Å². The van der Waals surface area contributed by atoms with Crippen molar-refractivity contribution < 1.29 is 14.1 Å². The molecule has 0 aromatic carbocycles. The summed E-state index contributed by atoms with van der Waals surface area (Å²) < 4.78 is 11.2. The molecular formula is C7H9NO3S2. The quantitative estimate of drug-likeness (QED) is 0.797. The molecule has 1 aromatic heterocycles. The summed E-state index contributed by atoms with van der Waals surface area (Å²) in [6.07, 6.45) is 1.60. The molecule has 0 amide bonds.